The number of nitrogens with zero attached hydrogens (tertiary/aromatic N) is 1. The fraction of sp³-hybridized carbons (Fsp3) is 1.00. The lowest BCUT2D eigenvalue weighted by Crippen LogP contribution is -2.52. The lowest BCUT2D eigenvalue weighted by Gasteiger charge is -2.39. The second-order valence-corrected chi connectivity index (χ2v) is 4.65. The first-order valence-corrected chi connectivity index (χ1v) is 5.77. The summed E-state index contributed by atoms with van der Waals surface area (Å²) in [7, 11) is 2.27. The van der Waals surface area contributed by atoms with Gasteiger partial charge in [0.25, 0.3) is 0 Å². The van der Waals surface area contributed by atoms with E-state index in [2.05, 4.69) is 24.2 Å². The maximum absolute atomic E-state index is 3.78. The quantitative estimate of drug-likeness (QED) is 0.713. The molecule has 2 rings (SSSR count). The molecule has 0 aromatic rings. The Bertz CT molecular complexity index is 165. The molecule has 0 amide bonds. The number of rotatable bonds is 3. The highest BCUT2D eigenvalue weighted by Crippen LogP contribution is 2.25. The van der Waals surface area contributed by atoms with Crippen LogP contribution in [-0.4, -0.2) is 36.6 Å². The minimum Gasteiger partial charge on any atom is -0.310 e. The van der Waals surface area contributed by atoms with Crippen LogP contribution in [0.15, 0.2) is 0 Å². The fourth-order valence-corrected chi connectivity index (χ4v) is 2.57. The van der Waals surface area contributed by atoms with E-state index in [-0.39, 0.29) is 0 Å². The van der Waals surface area contributed by atoms with Crippen LogP contribution in [0.5, 0.6) is 0 Å². The number of hydrogen-bond donors (Lipinski definition) is 1. The molecule has 2 fully saturated rings. The van der Waals surface area contributed by atoms with E-state index in [0.29, 0.717) is 0 Å². The summed E-state index contributed by atoms with van der Waals surface area (Å²) in [6.07, 6.45) is 6.88. The Morgan fingerprint density at radius 3 is 2.69 bits per heavy atom. The number of hydrogen-bond acceptors (Lipinski definition) is 2. The lowest BCUT2D eigenvalue weighted by atomic mass is 9.94. The largest absolute Gasteiger partial charge is 0.310 e. The van der Waals surface area contributed by atoms with Crippen LogP contribution in [0.4, 0.5) is 0 Å². The average Bonchev–Trinajstić information content (AvgIpc) is 2.89. The van der Waals surface area contributed by atoms with Gasteiger partial charge in [0.1, 0.15) is 0 Å². The topological polar surface area (TPSA) is 15.3 Å². The Morgan fingerprint density at radius 2 is 2.08 bits per heavy atom. The Morgan fingerprint density at radius 1 is 1.31 bits per heavy atom. The Hall–Kier alpha value is -0.0800. The molecule has 0 spiro atoms. The van der Waals surface area contributed by atoms with Crippen LogP contribution in [0.2, 0.25) is 0 Å². The Labute approximate surface area is 81.7 Å². The summed E-state index contributed by atoms with van der Waals surface area (Å²) in [5, 5.41) is 3.78. The molecule has 1 aliphatic carbocycles. The van der Waals surface area contributed by atoms with Crippen molar-refractivity contribution in [2.45, 2.75) is 57.2 Å². The molecule has 2 unspecified atom stereocenters. The molecule has 2 nitrogen and oxygen atoms in total. The third kappa shape index (κ3) is 2.23. The number of likely N-dealkylation sites (tertiary alicyclic amines) is 1. The summed E-state index contributed by atoms with van der Waals surface area (Å²) in [6.45, 7) is 3.61. The fourth-order valence-electron chi connectivity index (χ4n) is 2.57. The maximum atomic E-state index is 3.78. The zero-order chi connectivity index (χ0) is 9.26. The van der Waals surface area contributed by atoms with Crippen LogP contribution in [0, 0.1) is 0 Å². The molecule has 1 N–H and O–H groups in total. The summed E-state index contributed by atoms with van der Waals surface area (Å²) >= 11 is 0. The summed E-state index contributed by atoms with van der Waals surface area (Å²) in [5.41, 5.74) is 0. The lowest BCUT2D eigenvalue weighted by molar-refractivity contribution is 0.136. The summed E-state index contributed by atoms with van der Waals surface area (Å²) in [6, 6.07) is 2.43. The third-order valence-electron chi connectivity index (χ3n) is 3.50. The van der Waals surface area contributed by atoms with Gasteiger partial charge in [-0.25, -0.2) is 0 Å². The van der Waals surface area contributed by atoms with Crippen molar-refractivity contribution in [2.75, 3.05) is 13.6 Å². The van der Waals surface area contributed by atoms with Crippen molar-refractivity contribution in [2.24, 2.45) is 0 Å². The van der Waals surface area contributed by atoms with Gasteiger partial charge >= 0.3 is 0 Å². The number of likely N-dealkylation sites (N-methyl/N-ethyl adjacent to an activating group) is 1. The number of piperidine rings is 1. The van der Waals surface area contributed by atoms with Crippen LogP contribution in [0.25, 0.3) is 0 Å². The van der Waals surface area contributed by atoms with Crippen LogP contribution in [0.1, 0.15) is 39.0 Å². The van der Waals surface area contributed by atoms with E-state index in [1.54, 1.807) is 0 Å². The van der Waals surface area contributed by atoms with E-state index in [9.17, 15) is 0 Å². The van der Waals surface area contributed by atoms with E-state index in [1.165, 1.54) is 38.6 Å². The van der Waals surface area contributed by atoms with Crippen molar-refractivity contribution in [1.29, 1.82) is 0 Å². The first-order chi connectivity index (χ1) is 6.31. The molecule has 2 heteroatoms. The van der Waals surface area contributed by atoms with Gasteiger partial charge in [0.2, 0.25) is 0 Å². The normalized spacial score (nSPS) is 36.5. The molecule has 1 saturated heterocycles. The van der Waals surface area contributed by atoms with Crippen molar-refractivity contribution in [3.63, 3.8) is 0 Å². The molecule has 1 aliphatic heterocycles. The molecule has 13 heavy (non-hydrogen) atoms. The molecule has 0 aromatic carbocycles. The minimum absolute atomic E-state index is 0.774. The molecule has 0 radical (unpaired) electrons. The smallest absolute Gasteiger partial charge is 0.0243 e. The van der Waals surface area contributed by atoms with E-state index < -0.39 is 0 Å². The highest BCUT2D eigenvalue weighted by atomic mass is 15.2. The van der Waals surface area contributed by atoms with Crippen molar-refractivity contribution < 1.29 is 0 Å². The van der Waals surface area contributed by atoms with Gasteiger partial charge in [-0.2, -0.15) is 0 Å². The van der Waals surface area contributed by atoms with E-state index in [1.807, 2.05) is 0 Å². The molecular weight excluding hydrogens is 160 g/mol. The van der Waals surface area contributed by atoms with Crippen molar-refractivity contribution in [1.82, 2.24) is 10.2 Å². The molecule has 2 atom stereocenters. The summed E-state index contributed by atoms with van der Waals surface area (Å²) in [4.78, 5) is 2.53. The summed E-state index contributed by atoms with van der Waals surface area (Å²) < 4.78 is 0. The third-order valence-corrected chi connectivity index (χ3v) is 3.50. The first kappa shape index (κ1) is 9.47. The zero-order valence-corrected chi connectivity index (χ0v) is 8.92. The van der Waals surface area contributed by atoms with Crippen LogP contribution < -0.4 is 5.32 Å². The second-order valence-electron chi connectivity index (χ2n) is 4.65. The minimum atomic E-state index is 0.774. The zero-order valence-electron chi connectivity index (χ0n) is 8.92. The van der Waals surface area contributed by atoms with Crippen LogP contribution in [-0.2, 0) is 0 Å². The molecule has 76 valence electrons. The SMILES string of the molecule is CCC1C(NC2CC2)CCCN1C. The Kier molecular flexibility index (Phi) is 2.89. The molecule has 2 aliphatic rings. The second kappa shape index (κ2) is 3.97. The van der Waals surface area contributed by atoms with Gasteiger partial charge in [-0.05, 0) is 45.7 Å². The summed E-state index contributed by atoms with van der Waals surface area (Å²) in [5.74, 6) is 0. The molecule has 1 saturated carbocycles. The van der Waals surface area contributed by atoms with Crippen LogP contribution in [0.3, 0.4) is 0 Å². The average molecular weight is 182 g/mol. The molecular formula is C11H22N2. The van der Waals surface area contributed by atoms with Gasteiger partial charge in [-0.1, -0.05) is 6.92 Å². The predicted octanol–water partition coefficient (Wildman–Crippen LogP) is 1.61. The van der Waals surface area contributed by atoms with Crippen molar-refractivity contribution in [3.05, 3.63) is 0 Å². The van der Waals surface area contributed by atoms with Crippen LogP contribution >= 0.6 is 0 Å². The van der Waals surface area contributed by atoms with Crippen molar-refractivity contribution in [3.8, 4) is 0 Å². The Balaban J connectivity index is 1.88. The van der Waals surface area contributed by atoms with Gasteiger partial charge in [-0.3, -0.25) is 0 Å². The number of nitrogens with one attached hydrogen (secondary N) is 1. The van der Waals surface area contributed by atoms with Gasteiger partial charge in [-0.15, -0.1) is 0 Å². The van der Waals surface area contributed by atoms with Gasteiger partial charge in [0, 0.05) is 18.1 Å². The monoisotopic (exact) mass is 182 g/mol. The predicted molar refractivity (Wildman–Crippen MR) is 55.9 cm³/mol. The van der Waals surface area contributed by atoms with Crippen molar-refractivity contribution >= 4 is 0 Å². The molecule has 1 heterocycles. The maximum Gasteiger partial charge on any atom is 0.0243 e. The highest BCUT2D eigenvalue weighted by Gasteiger charge is 2.32. The van der Waals surface area contributed by atoms with Gasteiger partial charge in [0.05, 0.1) is 0 Å². The van der Waals surface area contributed by atoms with Gasteiger partial charge < -0.3 is 10.2 Å². The van der Waals surface area contributed by atoms with E-state index in [0.717, 1.165) is 18.1 Å². The first-order valence-electron chi connectivity index (χ1n) is 5.77. The van der Waals surface area contributed by atoms with Gasteiger partial charge in [0.15, 0.2) is 0 Å². The highest BCUT2D eigenvalue weighted by molar-refractivity contribution is 4.92. The standard InChI is InChI=1S/C11H22N2/c1-3-11-10(12-9-6-7-9)5-4-8-13(11)2/h9-12H,3-8H2,1-2H3. The molecule has 0 aromatic heterocycles. The molecule has 0 bridgehead atoms. The van der Waals surface area contributed by atoms with E-state index >= 15 is 0 Å². The van der Waals surface area contributed by atoms with E-state index in [4.69, 9.17) is 0 Å².